The molecule has 1 aliphatic heterocycles. The summed E-state index contributed by atoms with van der Waals surface area (Å²) < 4.78 is 0. The fraction of sp³-hybridized carbons (Fsp3) is 0.964. The van der Waals surface area contributed by atoms with E-state index in [9.17, 15) is 9.90 Å². The number of hydrogen-bond donors (Lipinski definition) is 1. The maximum Gasteiger partial charge on any atom is 0.136 e. The molecule has 0 aromatic carbocycles. The van der Waals surface area contributed by atoms with Crippen molar-refractivity contribution in [3.8, 4) is 0 Å². The molecule has 4 aliphatic carbocycles. The number of likely N-dealkylation sites (tertiary alicyclic amines) is 1. The Balaban J connectivity index is 1.35. The Bertz CT molecular complexity index is 707. The second-order valence-electron chi connectivity index (χ2n) is 13.5. The van der Waals surface area contributed by atoms with Gasteiger partial charge in [-0.05, 0) is 111 Å². The minimum absolute atomic E-state index is 0.121. The number of aliphatic hydroxyl groups excluding tert-OH is 1. The van der Waals surface area contributed by atoms with Crippen LogP contribution in [-0.4, -0.2) is 41.5 Å². The molecular weight excluding hydrogens is 382 g/mol. The second-order valence-corrected chi connectivity index (χ2v) is 13.5. The Labute approximate surface area is 190 Å². The molecule has 0 amide bonds. The minimum Gasteiger partial charge on any atom is -0.393 e. The average Bonchev–Trinajstić information content (AvgIpc) is 3.07. The summed E-state index contributed by atoms with van der Waals surface area (Å²) in [5, 5.41) is 10.3. The van der Waals surface area contributed by atoms with E-state index in [1.807, 2.05) is 0 Å². The van der Waals surface area contributed by atoms with Crippen LogP contribution in [0.1, 0.15) is 91.9 Å². The average molecular weight is 430 g/mol. The molecule has 4 saturated carbocycles. The van der Waals surface area contributed by atoms with Gasteiger partial charge in [-0.1, -0.05) is 27.7 Å². The molecule has 0 aromatic rings. The maximum absolute atomic E-state index is 13.3. The van der Waals surface area contributed by atoms with Gasteiger partial charge in [-0.25, -0.2) is 0 Å². The van der Waals surface area contributed by atoms with Gasteiger partial charge in [0.1, 0.15) is 5.78 Å². The van der Waals surface area contributed by atoms with E-state index in [0.29, 0.717) is 23.0 Å². The molecule has 1 N–H and O–H groups in total. The van der Waals surface area contributed by atoms with Gasteiger partial charge in [0.2, 0.25) is 0 Å². The third-order valence-corrected chi connectivity index (χ3v) is 11.7. The number of carbonyl (C=O) groups is 1. The third-order valence-electron chi connectivity index (χ3n) is 11.7. The first kappa shape index (κ1) is 22.4. The van der Waals surface area contributed by atoms with E-state index in [0.717, 1.165) is 55.4 Å². The van der Waals surface area contributed by atoms with E-state index in [1.165, 1.54) is 45.1 Å². The number of piperidine rings is 1. The lowest BCUT2D eigenvalue weighted by Crippen LogP contribution is -2.56. The molecule has 0 radical (unpaired) electrons. The Morgan fingerprint density at radius 1 is 1.06 bits per heavy atom. The lowest BCUT2D eigenvalue weighted by Gasteiger charge is -2.59. The quantitative estimate of drug-likeness (QED) is 0.625. The van der Waals surface area contributed by atoms with Crippen LogP contribution in [0.3, 0.4) is 0 Å². The molecule has 5 rings (SSSR count). The summed E-state index contributed by atoms with van der Waals surface area (Å²) in [6, 6.07) is 0.746. The van der Waals surface area contributed by atoms with Crippen LogP contribution >= 0.6 is 0 Å². The predicted octanol–water partition coefficient (Wildman–Crippen LogP) is 5.55. The fourth-order valence-corrected chi connectivity index (χ4v) is 9.91. The van der Waals surface area contributed by atoms with Crippen molar-refractivity contribution in [3.63, 3.8) is 0 Å². The van der Waals surface area contributed by atoms with Gasteiger partial charge in [0.15, 0.2) is 0 Å². The van der Waals surface area contributed by atoms with Crippen LogP contribution in [0.5, 0.6) is 0 Å². The zero-order valence-electron chi connectivity index (χ0n) is 20.8. The highest BCUT2D eigenvalue weighted by atomic mass is 16.3. The first-order chi connectivity index (χ1) is 14.6. The fourth-order valence-electron chi connectivity index (χ4n) is 9.91. The Morgan fingerprint density at radius 2 is 1.84 bits per heavy atom. The predicted molar refractivity (Wildman–Crippen MR) is 126 cm³/mol. The smallest absolute Gasteiger partial charge is 0.136 e. The van der Waals surface area contributed by atoms with E-state index in [2.05, 4.69) is 39.6 Å². The number of nitrogens with zero attached hydrogens (tertiary/aromatic N) is 1. The van der Waals surface area contributed by atoms with Gasteiger partial charge in [-0.2, -0.15) is 0 Å². The van der Waals surface area contributed by atoms with Crippen LogP contribution in [0, 0.1) is 52.3 Å². The van der Waals surface area contributed by atoms with Gasteiger partial charge >= 0.3 is 0 Å². The second kappa shape index (κ2) is 7.83. The minimum atomic E-state index is -0.251. The van der Waals surface area contributed by atoms with Crippen LogP contribution in [0.25, 0.3) is 0 Å². The zero-order chi connectivity index (χ0) is 22.1. The molecule has 1 heterocycles. The normalized spacial score (nSPS) is 54.1. The Kier molecular flexibility index (Phi) is 5.65. The molecule has 176 valence electrons. The Morgan fingerprint density at radius 3 is 2.58 bits per heavy atom. The summed E-state index contributed by atoms with van der Waals surface area (Å²) in [4.78, 5) is 16.0. The van der Waals surface area contributed by atoms with Gasteiger partial charge in [0.05, 0.1) is 6.10 Å². The molecule has 5 fully saturated rings. The number of ketones is 1. The summed E-state index contributed by atoms with van der Waals surface area (Å²) in [7, 11) is 2.36. The van der Waals surface area contributed by atoms with Crippen molar-refractivity contribution in [1.29, 1.82) is 0 Å². The highest BCUT2D eigenvalue weighted by Crippen LogP contribution is 2.67. The highest BCUT2D eigenvalue weighted by molar-refractivity contribution is 5.83. The van der Waals surface area contributed by atoms with E-state index in [4.69, 9.17) is 0 Å². The summed E-state index contributed by atoms with van der Waals surface area (Å²) in [6.45, 7) is 11.2. The van der Waals surface area contributed by atoms with Crippen molar-refractivity contribution < 1.29 is 9.90 Å². The van der Waals surface area contributed by atoms with Gasteiger partial charge in [-0.3, -0.25) is 4.79 Å². The summed E-state index contributed by atoms with van der Waals surface area (Å²) in [6.07, 6.45) is 11.4. The van der Waals surface area contributed by atoms with Crippen molar-refractivity contribution in [3.05, 3.63) is 0 Å². The number of hydrogen-bond acceptors (Lipinski definition) is 3. The molecule has 5 aliphatic rings. The SMILES string of the molecule is C[C@@H]1CC[C@H]([C@@H](C)[C@@H]2C[C@@H]3[C@@H]4CC(=O)[C@H]5C[C@@H](O)CC[C@]5(C)[C@H]4CC[C@]3(C)C2)N(C)C1. The first-order valence-electron chi connectivity index (χ1n) is 13.5. The van der Waals surface area contributed by atoms with Crippen LogP contribution in [0.2, 0.25) is 0 Å². The molecule has 31 heavy (non-hydrogen) atoms. The summed E-state index contributed by atoms with van der Waals surface area (Å²) in [5.41, 5.74) is 0.586. The highest BCUT2D eigenvalue weighted by Gasteiger charge is 2.61. The van der Waals surface area contributed by atoms with Crippen molar-refractivity contribution in [1.82, 2.24) is 4.90 Å². The van der Waals surface area contributed by atoms with Crippen LogP contribution in [0.4, 0.5) is 0 Å². The number of carbonyl (C=O) groups excluding carboxylic acids is 1. The zero-order valence-corrected chi connectivity index (χ0v) is 20.8. The Hall–Kier alpha value is -0.410. The maximum atomic E-state index is 13.3. The number of Topliss-reactive ketones (excluding diaryl/α,β-unsaturated/α-hetero) is 1. The van der Waals surface area contributed by atoms with Crippen molar-refractivity contribution in [2.45, 2.75) is 104 Å². The van der Waals surface area contributed by atoms with E-state index >= 15 is 0 Å². The number of aliphatic hydroxyl groups is 1. The molecule has 0 bridgehead atoms. The molecule has 3 heteroatoms. The van der Waals surface area contributed by atoms with E-state index < -0.39 is 0 Å². The lowest BCUT2D eigenvalue weighted by atomic mass is 9.45. The van der Waals surface area contributed by atoms with E-state index in [-0.39, 0.29) is 17.4 Å². The third kappa shape index (κ3) is 3.56. The standard InChI is InChI=1S/C28H47NO2/c1-17-6-7-25(29(5)16-17)18(2)19-12-23-21-14-26(31)24-13-20(30)8-11-28(24,4)22(21)9-10-27(23,3)15-19/h17-25,30H,6-16H2,1-5H3/t17-,18+,19-,20+,21-,22+,23-,24-,25-,27-,28-/m1/s1. The number of fused-ring (bicyclic) bond motifs is 5. The molecular formula is C28H47NO2. The topological polar surface area (TPSA) is 40.5 Å². The van der Waals surface area contributed by atoms with Crippen molar-refractivity contribution >= 4 is 5.78 Å². The van der Waals surface area contributed by atoms with Crippen molar-refractivity contribution in [2.24, 2.45) is 52.3 Å². The largest absolute Gasteiger partial charge is 0.393 e. The summed E-state index contributed by atoms with van der Waals surface area (Å²) in [5.74, 6) is 5.08. The van der Waals surface area contributed by atoms with E-state index in [1.54, 1.807) is 0 Å². The monoisotopic (exact) mass is 429 g/mol. The van der Waals surface area contributed by atoms with Gasteiger partial charge in [0.25, 0.3) is 0 Å². The number of rotatable bonds is 2. The van der Waals surface area contributed by atoms with Crippen LogP contribution in [0.15, 0.2) is 0 Å². The molecule has 0 unspecified atom stereocenters. The van der Waals surface area contributed by atoms with Crippen LogP contribution < -0.4 is 0 Å². The molecule has 0 aromatic heterocycles. The molecule has 1 saturated heterocycles. The van der Waals surface area contributed by atoms with Crippen LogP contribution in [-0.2, 0) is 4.79 Å². The molecule has 0 spiro atoms. The van der Waals surface area contributed by atoms with Gasteiger partial charge in [0, 0.05) is 24.9 Å². The van der Waals surface area contributed by atoms with Crippen molar-refractivity contribution in [2.75, 3.05) is 13.6 Å². The first-order valence-corrected chi connectivity index (χ1v) is 13.5. The molecule has 11 atom stereocenters. The van der Waals surface area contributed by atoms with Gasteiger partial charge < -0.3 is 10.0 Å². The lowest BCUT2D eigenvalue weighted by molar-refractivity contribution is -0.157. The van der Waals surface area contributed by atoms with Gasteiger partial charge in [-0.15, -0.1) is 0 Å². The molecule has 3 nitrogen and oxygen atoms in total. The summed E-state index contributed by atoms with van der Waals surface area (Å²) >= 11 is 0.